The number of fused-ring (bicyclic) bond motifs is 1. The standard InChI is InChI=1S/C19H18ClFN2O2/c20-16-12-14(21)7-8-15(16)19(25)22-10-9-18(24)23-11-3-5-13-4-1-2-6-17(13)23/h1-2,4,6-8,12H,3,5,9-11H2,(H,22,25). The van der Waals surface area contributed by atoms with E-state index in [1.54, 1.807) is 4.90 Å². The molecule has 4 nitrogen and oxygen atoms in total. The maximum atomic E-state index is 13.0. The van der Waals surface area contributed by atoms with Crippen LogP contribution in [0.4, 0.5) is 10.1 Å². The molecule has 1 heterocycles. The van der Waals surface area contributed by atoms with Crippen molar-refractivity contribution in [1.82, 2.24) is 5.32 Å². The molecule has 0 saturated heterocycles. The van der Waals surface area contributed by atoms with Crippen LogP contribution >= 0.6 is 11.6 Å². The maximum absolute atomic E-state index is 13.0. The smallest absolute Gasteiger partial charge is 0.252 e. The van der Waals surface area contributed by atoms with Gasteiger partial charge in [0.05, 0.1) is 10.6 Å². The first-order valence-electron chi connectivity index (χ1n) is 8.18. The largest absolute Gasteiger partial charge is 0.351 e. The fraction of sp³-hybridized carbons (Fsp3) is 0.263. The number of benzene rings is 2. The second-order valence-corrected chi connectivity index (χ2v) is 6.31. The Balaban J connectivity index is 1.57. The molecule has 130 valence electrons. The molecule has 2 amide bonds. The van der Waals surface area contributed by atoms with Gasteiger partial charge >= 0.3 is 0 Å². The quantitative estimate of drug-likeness (QED) is 0.906. The molecule has 1 aliphatic rings. The van der Waals surface area contributed by atoms with E-state index in [1.165, 1.54) is 17.7 Å². The number of carbonyl (C=O) groups is 2. The van der Waals surface area contributed by atoms with Gasteiger partial charge in [0.2, 0.25) is 5.91 Å². The van der Waals surface area contributed by atoms with Crippen LogP contribution < -0.4 is 10.2 Å². The molecule has 6 heteroatoms. The number of aryl methyl sites for hydroxylation is 1. The molecule has 0 atom stereocenters. The Morgan fingerprint density at radius 3 is 2.80 bits per heavy atom. The number of amides is 2. The van der Waals surface area contributed by atoms with Gasteiger partial charge in [0.25, 0.3) is 5.91 Å². The lowest BCUT2D eigenvalue weighted by atomic mass is 10.0. The molecule has 0 fully saturated rings. The van der Waals surface area contributed by atoms with Gasteiger partial charge < -0.3 is 10.2 Å². The van der Waals surface area contributed by atoms with Crippen molar-refractivity contribution >= 4 is 29.1 Å². The van der Waals surface area contributed by atoms with Crippen molar-refractivity contribution in [2.75, 3.05) is 18.0 Å². The van der Waals surface area contributed by atoms with E-state index in [4.69, 9.17) is 11.6 Å². The van der Waals surface area contributed by atoms with Crippen LogP contribution in [-0.2, 0) is 11.2 Å². The fourth-order valence-corrected chi connectivity index (χ4v) is 3.23. The number of para-hydroxylation sites is 1. The highest BCUT2D eigenvalue weighted by atomic mass is 35.5. The summed E-state index contributed by atoms with van der Waals surface area (Å²) >= 11 is 5.87. The molecule has 0 bridgehead atoms. The van der Waals surface area contributed by atoms with E-state index in [2.05, 4.69) is 5.32 Å². The molecule has 1 aliphatic heterocycles. The summed E-state index contributed by atoms with van der Waals surface area (Å²) in [5, 5.41) is 2.71. The summed E-state index contributed by atoms with van der Waals surface area (Å²) in [4.78, 5) is 26.4. The van der Waals surface area contributed by atoms with E-state index in [-0.39, 0.29) is 29.5 Å². The Hall–Kier alpha value is -2.40. The summed E-state index contributed by atoms with van der Waals surface area (Å²) < 4.78 is 13.0. The second kappa shape index (κ2) is 7.66. The first-order chi connectivity index (χ1) is 12.1. The summed E-state index contributed by atoms with van der Waals surface area (Å²) in [6, 6.07) is 11.5. The fourth-order valence-electron chi connectivity index (χ4n) is 2.98. The number of carbonyl (C=O) groups excluding carboxylic acids is 2. The SMILES string of the molecule is O=C(NCCC(=O)N1CCCc2ccccc21)c1ccc(F)cc1Cl. The third-order valence-electron chi connectivity index (χ3n) is 4.21. The zero-order chi connectivity index (χ0) is 17.8. The Bertz CT molecular complexity index is 810. The van der Waals surface area contributed by atoms with Gasteiger partial charge in [-0.15, -0.1) is 0 Å². The minimum absolute atomic E-state index is 0.0300. The van der Waals surface area contributed by atoms with E-state index in [1.807, 2.05) is 24.3 Å². The zero-order valence-corrected chi connectivity index (χ0v) is 14.4. The number of halogens is 2. The van der Waals surface area contributed by atoms with Crippen LogP contribution in [-0.4, -0.2) is 24.9 Å². The molecule has 2 aromatic carbocycles. The topological polar surface area (TPSA) is 49.4 Å². The summed E-state index contributed by atoms with van der Waals surface area (Å²) in [5.74, 6) is -0.949. The van der Waals surface area contributed by atoms with Gasteiger partial charge in [-0.25, -0.2) is 4.39 Å². The van der Waals surface area contributed by atoms with E-state index < -0.39 is 11.7 Å². The molecular weight excluding hydrogens is 343 g/mol. The molecule has 0 spiro atoms. The van der Waals surface area contributed by atoms with Crippen molar-refractivity contribution in [3.05, 3.63) is 64.4 Å². The number of nitrogens with one attached hydrogen (secondary N) is 1. The molecule has 0 aliphatic carbocycles. The second-order valence-electron chi connectivity index (χ2n) is 5.91. The van der Waals surface area contributed by atoms with Crippen molar-refractivity contribution in [3.63, 3.8) is 0 Å². The van der Waals surface area contributed by atoms with Gasteiger partial charge in [-0.05, 0) is 42.7 Å². The highest BCUT2D eigenvalue weighted by Gasteiger charge is 2.22. The van der Waals surface area contributed by atoms with Gasteiger partial charge in [0, 0.05) is 25.2 Å². The minimum Gasteiger partial charge on any atom is -0.351 e. The summed E-state index contributed by atoms with van der Waals surface area (Å²) in [6.07, 6.45) is 2.10. The summed E-state index contributed by atoms with van der Waals surface area (Å²) in [6.45, 7) is 0.887. The Morgan fingerprint density at radius 2 is 2.00 bits per heavy atom. The molecule has 25 heavy (non-hydrogen) atoms. The Morgan fingerprint density at radius 1 is 1.20 bits per heavy atom. The van der Waals surface area contributed by atoms with E-state index in [9.17, 15) is 14.0 Å². The lowest BCUT2D eigenvalue weighted by molar-refractivity contribution is -0.118. The Labute approximate surface area is 150 Å². The number of hydrogen-bond acceptors (Lipinski definition) is 2. The average Bonchev–Trinajstić information content (AvgIpc) is 2.61. The lowest BCUT2D eigenvalue weighted by Gasteiger charge is -2.29. The van der Waals surface area contributed by atoms with Crippen LogP contribution in [0.15, 0.2) is 42.5 Å². The highest BCUT2D eigenvalue weighted by Crippen LogP contribution is 2.27. The monoisotopic (exact) mass is 360 g/mol. The predicted molar refractivity (Wildman–Crippen MR) is 95.5 cm³/mol. The normalized spacial score (nSPS) is 13.3. The van der Waals surface area contributed by atoms with Crippen molar-refractivity contribution in [2.45, 2.75) is 19.3 Å². The van der Waals surface area contributed by atoms with Crippen LogP contribution in [0.1, 0.15) is 28.8 Å². The highest BCUT2D eigenvalue weighted by molar-refractivity contribution is 6.33. The molecule has 1 N–H and O–H groups in total. The zero-order valence-electron chi connectivity index (χ0n) is 13.6. The van der Waals surface area contributed by atoms with Crippen molar-refractivity contribution in [2.24, 2.45) is 0 Å². The minimum atomic E-state index is -0.500. The lowest BCUT2D eigenvalue weighted by Crippen LogP contribution is -2.37. The predicted octanol–water partition coefficient (Wildman–Crippen LogP) is 3.58. The van der Waals surface area contributed by atoms with Crippen LogP contribution in [0.3, 0.4) is 0 Å². The summed E-state index contributed by atoms with van der Waals surface area (Å²) in [5.41, 5.74) is 2.31. The first kappa shape index (κ1) is 17.4. The van der Waals surface area contributed by atoms with Crippen molar-refractivity contribution in [3.8, 4) is 0 Å². The van der Waals surface area contributed by atoms with Crippen LogP contribution in [0.25, 0.3) is 0 Å². The maximum Gasteiger partial charge on any atom is 0.252 e. The van der Waals surface area contributed by atoms with Gasteiger partial charge in [-0.1, -0.05) is 29.8 Å². The first-order valence-corrected chi connectivity index (χ1v) is 8.55. The molecule has 0 aromatic heterocycles. The molecule has 0 saturated carbocycles. The van der Waals surface area contributed by atoms with Gasteiger partial charge in [-0.2, -0.15) is 0 Å². The number of nitrogens with zero attached hydrogens (tertiary/aromatic N) is 1. The molecule has 2 aromatic rings. The molecule has 3 rings (SSSR count). The number of rotatable bonds is 4. The Kier molecular flexibility index (Phi) is 5.34. The summed E-state index contributed by atoms with van der Waals surface area (Å²) in [7, 11) is 0. The van der Waals surface area contributed by atoms with E-state index in [0.29, 0.717) is 6.54 Å². The molecule has 0 unspecified atom stereocenters. The van der Waals surface area contributed by atoms with E-state index >= 15 is 0 Å². The van der Waals surface area contributed by atoms with Crippen molar-refractivity contribution in [1.29, 1.82) is 0 Å². The van der Waals surface area contributed by atoms with Crippen molar-refractivity contribution < 1.29 is 14.0 Å². The molecule has 0 radical (unpaired) electrons. The van der Waals surface area contributed by atoms with Gasteiger partial charge in [0.15, 0.2) is 0 Å². The third-order valence-corrected chi connectivity index (χ3v) is 4.52. The van der Waals surface area contributed by atoms with Gasteiger partial charge in [0.1, 0.15) is 5.82 Å². The molecular formula is C19H18ClFN2O2. The van der Waals surface area contributed by atoms with Gasteiger partial charge in [-0.3, -0.25) is 9.59 Å². The van der Waals surface area contributed by atoms with Crippen LogP contribution in [0.2, 0.25) is 5.02 Å². The number of anilines is 1. The number of hydrogen-bond donors (Lipinski definition) is 1. The third kappa shape index (κ3) is 3.99. The average molecular weight is 361 g/mol. The van der Waals surface area contributed by atoms with E-state index in [0.717, 1.165) is 24.6 Å². The van der Waals surface area contributed by atoms with Crippen LogP contribution in [0.5, 0.6) is 0 Å². The van der Waals surface area contributed by atoms with Crippen LogP contribution in [0, 0.1) is 5.82 Å².